The van der Waals surface area contributed by atoms with Crippen LogP contribution in [0, 0.1) is 0 Å². The van der Waals surface area contributed by atoms with Gasteiger partial charge in [-0.1, -0.05) is 11.3 Å². The quantitative estimate of drug-likeness (QED) is 0.607. The molecule has 0 aliphatic rings. The first-order valence-electron chi connectivity index (χ1n) is 5.40. The fraction of sp³-hybridized carbons (Fsp3) is 0.500. The van der Waals surface area contributed by atoms with Gasteiger partial charge in [0.25, 0.3) is 5.91 Å². The molecule has 0 aliphatic heterocycles. The van der Waals surface area contributed by atoms with Crippen LogP contribution in [0.3, 0.4) is 0 Å². The average Bonchev–Trinajstić information content (AvgIpc) is 2.59. The predicted octanol–water partition coefficient (Wildman–Crippen LogP) is 0.151. The number of nitrogens with one attached hydrogen (secondary N) is 2. The molecule has 8 heteroatoms. The summed E-state index contributed by atoms with van der Waals surface area (Å²) in [5.41, 5.74) is 9.69. The molecule has 0 saturated carbocycles. The van der Waals surface area contributed by atoms with E-state index in [1.165, 1.54) is 13.8 Å². The lowest BCUT2D eigenvalue weighted by Gasteiger charge is -2.21. The van der Waals surface area contributed by atoms with E-state index in [2.05, 4.69) is 15.6 Å². The Bertz CT molecular complexity index is 469. The van der Waals surface area contributed by atoms with E-state index >= 15 is 0 Å². The predicted molar refractivity (Wildman–Crippen MR) is 71.4 cm³/mol. The van der Waals surface area contributed by atoms with Gasteiger partial charge in [-0.2, -0.15) is 0 Å². The third kappa shape index (κ3) is 3.10. The van der Waals surface area contributed by atoms with Crippen molar-refractivity contribution in [3.8, 4) is 0 Å². The molecule has 18 heavy (non-hydrogen) atoms. The van der Waals surface area contributed by atoms with Gasteiger partial charge in [0.1, 0.15) is 16.2 Å². The molecule has 0 aromatic carbocycles. The lowest BCUT2D eigenvalue weighted by atomic mass is 10.1. The minimum Gasteiger partial charge on any atom is -0.382 e. The summed E-state index contributed by atoms with van der Waals surface area (Å²) < 4.78 is 0. The highest BCUT2D eigenvalue weighted by Crippen LogP contribution is 2.25. The van der Waals surface area contributed by atoms with E-state index in [1.54, 1.807) is 0 Å². The van der Waals surface area contributed by atoms with Gasteiger partial charge in [-0.05, 0) is 20.8 Å². The molecule has 0 atom stereocenters. The lowest BCUT2D eigenvalue weighted by Crippen LogP contribution is -2.52. The van der Waals surface area contributed by atoms with Gasteiger partial charge in [-0.15, -0.1) is 0 Å². The molecule has 0 radical (unpaired) electrons. The Balaban J connectivity index is 2.88. The zero-order valence-electron chi connectivity index (χ0n) is 10.5. The van der Waals surface area contributed by atoms with Crippen LogP contribution in [0.25, 0.3) is 0 Å². The van der Waals surface area contributed by atoms with E-state index in [4.69, 9.17) is 11.5 Å². The third-order valence-electron chi connectivity index (χ3n) is 2.23. The topological polar surface area (TPSA) is 123 Å². The van der Waals surface area contributed by atoms with Crippen LogP contribution in [-0.2, 0) is 4.79 Å². The molecule has 1 aromatic heterocycles. The van der Waals surface area contributed by atoms with Crippen molar-refractivity contribution in [3.63, 3.8) is 0 Å². The molecule has 1 rings (SSSR count). The second-order valence-corrected chi connectivity index (χ2v) is 5.21. The highest BCUT2D eigenvalue weighted by Gasteiger charge is 2.29. The number of anilines is 2. The van der Waals surface area contributed by atoms with Gasteiger partial charge in [0.05, 0.1) is 0 Å². The largest absolute Gasteiger partial charge is 0.382 e. The minimum atomic E-state index is -1.13. The molecule has 0 saturated heterocycles. The number of nitrogen functional groups attached to an aromatic ring is 1. The van der Waals surface area contributed by atoms with E-state index in [1.807, 2.05) is 6.92 Å². The van der Waals surface area contributed by atoms with Gasteiger partial charge in [-0.3, -0.25) is 9.59 Å². The zero-order chi connectivity index (χ0) is 13.9. The molecule has 1 heterocycles. The number of hydrogen-bond acceptors (Lipinski definition) is 6. The Morgan fingerprint density at radius 1 is 1.44 bits per heavy atom. The monoisotopic (exact) mass is 271 g/mol. The maximum absolute atomic E-state index is 11.9. The first kappa shape index (κ1) is 14.2. The summed E-state index contributed by atoms with van der Waals surface area (Å²) in [7, 11) is 0. The van der Waals surface area contributed by atoms with Gasteiger partial charge < -0.3 is 22.1 Å². The minimum absolute atomic E-state index is 0.133. The second kappa shape index (κ2) is 5.21. The number of thiazole rings is 1. The van der Waals surface area contributed by atoms with E-state index in [0.717, 1.165) is 11.3 Å². The molecule has 0 fully saturated rings. The molecule has 0 spiro atoms. The second-order valence-electron chi connectivity index (χ2n) is 4.21. The smallest absolute Gasteiger partial charge is 0.266 e. The molecule has 7 nitrogen and oxygen atoms in total. The van der Waals surface area contributed by atoms with Crippen LogP contribution >= 0.6 is 11.3 Å². The summed E-state index contributed by atoms with van der Waals surface area (Å²) in [4.78, 5) is 27.3. The van der Waals surface area contributed by atoms with Crippen LogP contribution in [0.2, 0.25) is 0 Å². The van der Waals surface area contributed by atoms with Crippen LogP contribution in [0.1, 0.15) is 30.4 Å². The van der Waals surface area contributed by atoms with Crippen molar-refractivity contribution >= 4 is 34.1 Å². The first-order chi connectivity index (χ1) is 8.27. The molecule has 6 N–H and O–H groups in total. The van der Waals surface area contributed by atoms with Crippen molar-refractivity contribution in [2.75, 3.05) is 17.6 Å². The molecule has 0 aliphatic carbocycles. The number of nitrogens with zero attached hydrogens (tertiary/aromatic N) is 1. The fourth-order valence-electron chi connectivity index (χ4n) is 1.12. The summed E-state index contributed by atoms with van der Waals surface area (Å²) in [6, 6.07) is 0. The van der Waals surface area contributed by atoms with E-state index in [9.17, 15) is 9.59 Å². The summed E-state index contributed by atoms with van der Waals surface area (Å²) in [6.07, 6.45) is 0. The molecule has 0 bridgehead atoms. The van der Waals surface area contributed by atoms with Crippen LogP contribution in [0.4, 0.5) is 10.9 Å². The Morgan fingerprint density at radius 3 is 2.56 bits per heavy atom. The van der Waals surface area contributed by atoms with Crippen LogP contribution in [-0.4, -0.2) is 28.9 Å². The van der Waals surface area contributed by atoms with Crippen molar-refractivity contribution in [2.45, 2.75) is 26.3 Å². The van der Waals surface area contributed by atoms with Crippen molar-refractivity contribution in [2.24, 2.45) is 5.73 Å². The molecule has 0 unspecified atom stereocenters. The van der Waals surface area contributed by atoms with Crippen molar-refractivity contribution < 1.29 is 9.59 Å². The SMILES string of the molecule is CCNc1nc(N)c(C(=O)NC(C)(C)C(N)=O)s1. The van der Waals surface area contributed by atoms with Gasteiger partial charge in [0.2, 0.25) is 5.91 Å². The molecule has 100 valence electrons. The van der Waals surface area contributed by atoms with E-state index < -0.39 is 17.4 Å². The van der Waals surface area contributed by atoms with Crippen molar-refractivity contribution in [1.82, 2.24) is 10.3 Å². The van der Waals surface area contributed by atoms with Crippen molar-refractivity contribution in [1.29, 1.82) is 0 Å². The number of hydrogen-bond donors (Lipinski definition) is 4. The number of nitrogens with two attached hydrogens (primary N) is 2. The van der Waals surface area contributed by atoms with E-state index in [0.29, 0.717) is 11.7 Å². The maximum atomic E-state index is 11.9. The number of carbonyl (C=O) groups is 2. The zero-order valence-corrected chi connectivity index (χ0v) is 11.4. The maximum Gasteiger partial charge on any atom is 0.266 e. The number of primary amides is 1. The first-order valence-corrected chi connectivity index (χ1v) is 6.22. The Hall–Kier alpha value is -1.83. The number of carbonyl (C=O) groups excluding carboxylic acids is 2. The highest BCUT2D eigenvalue weighted by atomic mass is 32.1. The summed E-state index contributed by atoms with van der Waals surface area (Å²) in [6.45, 7) is 5.64. The number of rotatable bonds is 5. The number of amides is 2. The van der Waals surface area contributed by atoms with Crippen LogP contribution < -0.4 is 22.1 Å². The third-order valence-corrected chi connectivity index (χ3v) is 3.26. The highest BCUT2D eigenvalue weighted by molar-refractivity contribution is 7.18. The summed E-state index contributed by atoms with van der Waals surface area (Å²) in [5.74, 6) is -0.947. The van der Waals surface area contributed by atoms with Crippen LogP contribution in [0.15, 0.2) is 0 Å². The normalized spacial score (nSPS) is 11.1. The lowest BCUT2D eigenvalue weighted by molar-refractivity contribution is -0.122. The fourth-order valence-corrected chi connectivity index (χ4v) is 1.97. The molecular weight excluding hydrogens is 254 g/mol. The molecule has 2 amide bonds. The molecule has 1 aromatic rings. The Labute approximate surface area is 109 Å². The summed E-state index contributed by atoms with van der Waals surface area (Å²) in [5, 5.41) is 6.05. The average molecular weight is 271 g/mol. The van der Waals surface area contributed by atoms with Gasteiger partial charge in [0, 0.05) is 6.54 Å². The van der Waals surface area contributed by atoms with Crippen molar-refractivity contribution in [3.05, 3.63) is 4.88 Å². The standard InChI is InChI=1S/C10H17N5O2S/c1-4-13-9-14-6(11)5(18-9)7(16)15-10(2,3)8(12)17/h4,11H2,1-3H3,(H2,12,17)(H,13,14)(H,15,16). The van der Waals surface area contributed by atoms with Gasteiger partial charge in [-0.25, -0.2) is 4.98 Å². The Kier molecular flexibility index (Phi) is 4.12. The number of aromatic nitrogens is 1. The summed E-state index contributed by atoms with van der Waals surface area (Å²) >= 11 is 1.13. The van der Waals surface area contributed by atoms with E-state index in [-0.39, 0.29) is 10.7 Å². The molecular formula is C10H17N5O2S. The van der Waals surface area contributed by atoms with Crippen LogP contribution in [0.5, 0.6) is 0 Å². The van der Waals surface area contributed by atoms with Gasteiger partial charge >= 0.3 is 0 Å². The van der Waals surface area contributed by atoms with Gasteiger partial charge in [0.15, 0.2) is 5.13 Å². The Morgan fingerprint density at radius 2 is 2.06 bits per heavy atom.